The molecule has 60 valence electrons. The summed E-state index contributed by atoms with van der Waals surface area (Å²) >= 11 is 0. The van der Waals surface area contributed by atoms with E-state index in [-0.39, 0.29) is 18.8 Å². The first-order valence-electron chi connectivity index (χ1n) is 3.20. The third-order valence-corrected chi connectivity index (χ3v) is 1.43. The van der Waals surface area contributed by atoms with Crippen molar-refractivity contribution in [1.82, 2.24) is 0 Å². The monoisotopic (exact) mass is 156 g/mol. The van der Waals surface area contributed by atoms with Gasteiger partial charge in [-0.2, -0.15) is 0 Å². The number of hydrogen-bond donors (Lipinski definition) is 1. The van der Waals surface area contributed by atoms with Crippen LogP contribution >= 0.6 is 0 Å². The average molecular weight is 156 g/mol. The van der Waals surface area contributed by atoms with Gasteiger partial charge in [-0.1, -0.05) is 0 Å². The Kier molecular flexibility index (Phi) is 1.94. The van der Waals surface area contributed by atoms with Crippen molar-refractivity contribution in [2.24, 2.45) is 0 Å². The van der Waals surface area contributed by atoms with E-state index in [1.165, 1.54) is 0 Å². The Morgan fingerprint density at radius 1 is 1.73 bits per heavy atom. The van der Waals surface area contributed by atoms with Gasteiger partial charge in [-0.3, -0.25) is 9.59 Å². The Hall–Kier alpha value is -1.32. The summed E-state index contributed by atoms with van der Waals surface area (Å²) in [6, 6.07) is 0. The van der Waals surface area contributed by atoms with Gasteiger partial charge in [-0.15, -0.1) is 0 Å². The number of cyclic esters (lactones) is 1. The van der Waals surface area contributed by atoms with Crippen molar-refractivity contribution in [2.75, 3.05) is 0 Å². The molecular formula is C7H8O4. The lowest BCUT2D eigenvalue weighted by Crippen LogP contribution is -2.00. The van der Waals surface area contributed by atoms with Crippen molar-refractivity contribution in [3.05, 3.63) is 11.3 Å². The molecule has 1 rings (SSSR count). The highest BCUT2D eigenvalue weighted by Gasteiger charge is 2.21. The summed E-state index contributed by atoms with van der Waals surface area (Å²) in [7, 11) is 0. The first kappa shape index (κ1) is 7.78. The van der Waals surface area contributed by atoms with E-state index in [4.69, 9.17) is 5.11 Å². The summed E-state index contributed by atoms with van der Waals surface area (Å²) in [5, 5.41) is 8.35. The molecule has 1 aliphatic heterocycles. The van der Waals surface area contributed by atoms with Crippen LogP contribution in [0.5, 0.6) is 0 Å². The number of carbonyl (C=O) groups excluding carboxylic acids is 1. The molecule has 1 heterocycles. The Morgan fingerprint density at radius 3 is 2.73 bits per heavy atom. The van der Waals surface area contributed by atoms with Gasteiger partial charge in [-0.25, -0.2) is 0 Å². The van der Waals surface area contributed by atoms with E-state index < -0.39 is 5.97 Å². The van der Waals surface area contributed by atoms with Crippen molar-refractivity contribution in [2.45, 2.75) is 19.8 Å². The molecule has 0 spiro atoms. The van der Waals surface area contributed by atoms with Crippen LogP contribution in [0, 0.1) is 0 Å². The molecule has 0 bridgehead atoms. The lowest BCUT2D eigenvalue weighted by atomic mass is 10.2. The van der Waals surface area contributed by atoms with E-state index >= 15 is 0 Å². The molecule has 0 aromatic heterocycles. The predicted molar refractivity (Wildman–Crippen MR) is 35.7 cm³/mol. The van der Waals surface area contributed by atoms with Gasteiger partial charge >= 0.3 is 11.9 Å². The molecule has 0 saturated heterocycles. The van der Waals surface area contributed by atoms with E-state index in [9.17, 15) is 9.59 Å². The SMILES string of the molecule is CC1=C(CC(=O)O)OC(=O)C1. The lowest BCUT2D eigenvalue weighted by molar-refractivity contribution is -0.139. The molecule has 1 aliphatic rings. The predicted octanol–water partition coefficient (Wildman–Crippen LogP) is 0.682. The van der Waals surface area contributed by atoms with E-state index in [1.54, 1.807) is 6.92 Å². The number of esters is 1. The molecule has 11 heavy (non-hydrogen) atoms. The zero-order valence-corrected chi connectivity index (χ0v) is 6.09. The van der Waals surface area contributed by atoms with Crippen molar-refractivity contribution in [3.8, 4) is 0 Å². The second-order valence-electron chi connectivity index (χ2n) is 2.42. The Labute approximate surface area is 63.5 Å². The van der Waals surface area contributed by atoms with Crippen LogP contribution in [0.2, 0.25) is 0 Å². The fourth-order valence-electron chi connectivity index (χ4n) is 0.900. The van der Waals surface area contributed by atoms with Crippen molar-refractivity contribution >= 4 is 11.9 Å². The quantitative estimate of drug-likeness (QED) is 0.597. The van der Waals surface area contributed by atoms with E-state index in [0.29, 0.717) is 5.76 Å². The topological polar surface area (TPSA) is 63.6 Å². The number of ether oxygens (including phenoxy) is 1. The Bertz CT molecular complexity index is 239. The molecule has 0 amide bonds. The second-order valence-corrected chi connectivity index (χ2v) is 2.42. The summed E-state index contributed by atoms with van der Waals surface area (Å²) in [5.74, 6) is -1.05. The van der Waals surface area contributed by atoms with E-state index in [2.05, 4.69) is 4.74 Å². The lowest BCUT2D eigenvalue weighted by Gasteiger charge is -1.96. The summed E-state index contributed by atoms with van der Waals surface area (Å²) in [6.45, 7) is 1.70. The highest BCUT2D eigenvalue weighted by atomic mass is 16.5. The molecule has 4 nitrogen and oxygen atoms in total. The maximum Gasteiger partial charge on any atom is 0.315 e. The van der Waals surface area contributed by atoms with Crippen LogP contribution in [0.25, 0.3) is 0 Å². The molecule has 0 atom stereocenters. The molecule has 0 unspecified atom stereocenters. The van der Waals surface area contributed by atoms with Gasteiger partial charge in [0.1, 0.15) is 12.2 Å². The van der Waals surface area contributed by atoms with Crippen molar-refractivity contribution in [1.29, 1.82) is 0 Å². The van der Waals surface area contributed by atoms with Gasteiger partial charge in [0.25, 0.3) is 0 Å². The Morgan fingerprint density at radius 2 is 2.36 bits per heavy atom. The standard InChI is InChI=1S/C7H8O4/c1-4-2-7(10)11-5(4)3-6(8)9/h2-3H2,1H3,(H,8,9). The molecule has 0 saturated carbocycles. The molecule has 1 N–H and O–H groups in total. The third kappa shape index (κ3) is 1.80. The Balaban J connectivity index is 2.64. The fourth-order valence-corrected chi connectivity index (χ4v) is 0.900. The van der Waals surface area contributed by atoms with Crippen molar-refractivity contribution < 1.29 is 19.4 Å². The van der Waals surface area contributed by atoms with Gasteiger partial charge in [0, 0.05) is 0 Å². The van der Waals surface area contributed by atoms with Gasteiger partial charge in [-0.05, 0) is 12.5 Å². The normalized spacial score (nSPS) is 17.0. The smallest absolute Gasteiger partial charge is 0.315 e. The molecule has 0 radical (unpaired) electrons. The summed E-state index contributed by atoms with van der Waals surface area (Å²) < 4.78 is 4.64. The summed E-state index contributed by atoms with van der Waals surface area (Å²) in [6.07, 6.45) is 0.0280. The third-order valence-electron chi connectivity index (χ3n) is 1.43. The van der Waals surface area contributed by atoms with E-state index in [0.717, 1.165) is 5.57 Å². The number of aliphatic carboxylic acids is 1. The van der Waals surface area contributed by atoms with Gasteiger partial charge in [0.2, 0.25) is 0 Å². The number of carboxylic acid groups (broad SMARTS) is 1. The van der Waals surface area contributed by atoms with Crippen LogP contribution in [-0.2, 0) is 14.3 Å². The number of hydrogen-bond acceptors (Lipinski definition) is 3. The second kappa shape index (κ2) is 2.74. The fraction of sp³-hybridized carbons (Fsp3) is 0.429. The maximum absolute atomic E-state index is 10.6. The van der Waals surface area contributed by atoms with Crippen LogP contribution in [0.3, 0.4) is 0 Å². The molecule has 0 aromatic carbocycles. The molecule has 0 aromatic rings. The minimum atomic E-state index is -0.978. The highest BCUT2D eigenvalue weighted by molar-refractivity contribution is 5.79. The average Bonchev–Trinajstić information content (AvgIpc) is 2.09. The van der Waals surface area contributed by atoms with E-state index in [1.807, 2.05) is 0 Å². The first-order valence-corrected chi connectivity index (χ1v) is 3.20. The largest absolute Gasteiger partial charge is 0.481 e. The van der Waals surface area contributed by atoms with Crippen LogP contribution in [0.15, 0.2) is 11.3 Å². The van der Waals surface area contributed by atoms with Crippen LogP contribution in [0.1, 0.15) is 19.8 Å². The van der Waals surface area contributed by atoms with Crippen LogP contribution < -0.4 is 0 Å². The summed E-state index contributed by atoms with van der Waals surface area (Å²) in [5.41, 5.74) is 0.720. The summed E-state index contributed by atoms with van der Waals surface area (Å²) in [4.78, 5) is 20.8. The zero-order chi connectivity index (χ0) is 8.43. The van der Waals surface area contributed by atoms with Gasteiger partial charge in [0.15, 0.2) is 0 Å². The van der Waals surface area contributed by atoms with Crippen LogP contribution in [-0.4, -0.2) is 17.0 Å². The first-order chi connectivity index (χ1) is 5.09. The van der Waals surface area contributed by atoms with Gasteiger partial charge in [0.05, 0.1) is 6.42 Å². The minimum absolute atomic E-state index is 0.197. The molecule has 4 heteroatoms. The van der Waals surface area contributed by atoms with Gasteiger partial charge < -0.3 is 9.84 Å². The maximum atomic E-state index is 10.6. The molecule has 0 fully saturated rings. The number of carboxylic acids is 1. The molecule has 0 aliphatic carbocycles. The number of rotatable bonds is 2. The highest BCUT2D eigenvalue weighted by Crippen LogP contribution is 2.21. The molecular weight excluding hydrogens is 148 g/mol. The minimum Gasteiger partial charge on any atom is -0.481 e. The van der Waals surface area contributed by atoms with Crippen LogP contribution in [0.4, 0.5) is 0 Å². The number of carbonyl (C=O) groups is 2. The van der Waals surface area contributed by atoms with Crippen molar-refractivity contribution in [3.63, 3.8) is 0 Å². The zero-order valence-electron chi connectivity index (χ0n) is 6.09.